The second-order valence-corrected chi connectivity index (χ2v) is 6.60. The number of amides is 2. The Hall–Kier alpha value is -1.81. The molecule has 0 bridgehead atoms. The molecule has 6 N–H and O–H groups in total. The fraction of sp³-hybridized carbons (Fsp3) is 0.714. The van der Waals surface area contributed by atoms with Gasteiger partial charge >= 0.3 is 11.9 Å². The second kappa shape index (κ2) is 10.9. The molecule has 0 saturated heterocycles. The minimum Gasteiger partial charge on any atom is -0.481 e. The highest BCUT2D eigenvalue weighted by atomic mass is 32.2. The monoisotopic (exact) mass is 363 g/mol. The highest BCUT2D eigenvalue weighted by Gasteiger charge is 2.30. The van der Waals surface area contributed by atoms with Crippen molar-refractivity contribution in [1.82, 2.24) is 10.6 Å². The number of aliphatic carboxylic acids is 2. The molecule has 138 valence electrons. The summed E-state index contributed by atoms with van der Waals surface area (Å²) in [5.74, 6) is -3.73. The molecule has 0 aliphatic heterocycles. The van der Waals surface area contributed by atoms with E-state index in [1.807, 2.05) is 6.26 Å². The standard InChI is InChI=1S/C14H25N3O6S/c1-7(2)11(17-12(20)8(15)4-5-24-3)13(21)16-9(14(22)23)6-10(18)19/h7-9,11H,4-6,15H2,1-3H3,(H,16,21)(H,17,20)(H,18,19)(H,22,23)/t8-,9-,11-/m0/s1. The largest absolute Gasteiger partial charge is 0.481 e. The van der Waals surface area contributed by atoms with Gasteiger partial charge in [-0.3, -0.25) is 14.4 Å². The third-order valence-corrected chi connectivity index (χ3v) is 3.85. The van der Waals surface area contributed by atoms with Gasteiger partial charge in [-0.1, -0.05) is 13.8 Å². The third kappa shape index (κ3) is 8.16. The lowest BCUT2D eigenvalue weighted by Crippen LogP contribution is -2.56. The first kappa shape index (κ1) is 22.2. The summed E-state index contributed by atoms with van der Waals surface area (Å²) in [7, 11) is 0. The van der Waals surface area contributed by atoms with Gasteiger partial charge in [0.15, 0.2) is 0 Å². The first-order valence-corrected chi connectivity index (χ1v) is 8.79. The van der Waals surface area contributed by atoms with E-state index in [1.54, 1.807) is 13.8 Å². The second-order valence-electron chi connectivity index (χ2n) is 5.62. The fourth-order valence-corrected chi connectivity index (χ4v) is 2.30. The van der Waals surface area contributed by atoms with E-state index in [1.165, 1.54) is 11.8 Å². The molecule has 0 saturated carbocycles. The lowest BCUT2D eigenvalue weighted by molar-refractivity contribution is -0.147. The molecule has 0 spiro atoms. The van der Waals surface area contributed by atoms with Crippen LogP contribution in [-0.2, 0) is 19.2 Å². The molecule has 0 rings (SSSR count). The van der Waals surface area contributed by atoms with Gasteiger partial charge in [-0.25, -0.2) is 4.79 Å². The summed E-state index contributed by atoms with van der Waals surface area (Å²) in [6.07, 6.45) is 1.56. The Labute approximate surface area is 144 Å². The number of nitrogens with two attached hydrogens (primary N) is 1. The Balaban J connectivity index is 4.91. The normalized spacial score (nSPS) is 14.5. The van der Waals surface area contributed by atoms with E-state index >= 15 is 0 Å². The van der Waals surface area contributed by atoms with E-state index in [2.05, 4.69) is 10.6 Å². The van der Waals surface area contributed by atoms with Crippen LogP contribution in [0.1, 0.15) is 26.7 Å². The maximum absolute atomic E-state index is 12.2. The number of carbonyl (C=O) groups is 4. The maximum Gasteiger partial charge on any atom is 0.326 e. The van der Waals surface area contributed by atoms with Crippen molar-refractivity contribution in [3.8, 4) is 0 Å². The highest BCUT2D eigenvalue weighted by Crippen LogP contribution is 2.06. The Morgan fingerprint density at radius 2 is 1.67 bits per heavy atom. The third-order valence-electron chi connectivity index (χ3n) is 3.21. The van der Waals surface area contributed by atoms with Gasteiger partial charge in [0.1, 0.15) is 12.1 Å². The van der Waals surface area contributed by atoms with Gasteiger partial charge in [-0.2, -0.15) is 11.8 Å². The molecule has 0 aromatic carbocycles. The first-order chi connectivity index (χ1) is 11.1. The predicted molar refractivity (Wildman–Crippen MR) is 89.6 cm³/mol. The van der Waals surface area contributed by atoms with E-state index in [-0.39, 0.29) is 5.92 Å². The SMILES string of the molecule is CSCC[C@H](N)C(=O)N[C@H](C(=O)N[C@@H](CC(=O)O)C(=O)O)C(C)C. The Morgan fingerprint density at radius 1 is 1.08 bits per heavy atom. The van der Waals surface area contributed by atoms with Crippen molar-refractivity contribution in [2.24, 2.45) is 11.7 Å². The summed E-state index contributed by atoms with van der Waals surface area (Å²) < 4.78 is 0. The van der Waals surface area contributed by atoms with Crippen molar-refractivity contribution >= 4 is 35.5 Å². The van der Waals surface area contributed by atoms with Crippen LogP contribution in [0.15, 0.2) is 0 Å². The van der Waals surface area contributed by atoms with Crippen molar-refractivity contribution in [2.45, 2.75) is 44.8 Å². The lowest BCUT2D eigenvalue weighted by atomic mass is 10.0. The number of nitrogens with one attached hydrogen (secondary N) is 2. The van der Waals surface area contributed by atoms with E-state index < -0.39 is 48.3 Å². The Morgan fingerprint density at radius 3 is 2.08 bits per heavy atom. The molecular weight excluding hydrogens is 338 g/mol. The zero-order chi connectivity index (χ0) is 18.9. The number of carbonyl (C=O) groups excluding carboxylic acids is 2. The molecule has 0 aromatic heterocycles. The first-order valence-electron chi connectivity index (χ1n) is 7.40. The molecule has 0 aliphatic rings. The number of hydrogen-bond donors (Lipinski definition) is 5. The van der Waals surface area contributed by atoms with Crippen LogP contribution in [0.5, 0.6) is 0 Å². The van der Waals surface area contributed by atoms with Gasteiger partial charge in [0.2, 0.25) is 11.8 Å². The summed E-state index contributed by atoms with van der Waals surface area (Å²) in [6, 6.07) is -3.35. The molecule has 0 aliphatic carbocycles. The van der Waals surface area contributed by atoms with Gasteiger partial charge in [-0.05, 0) is 24.3 Å². The van der Waals surface area contributed by atoms with Gasteiger partial charge in [0, 0.05) is 0 Å². The number of rotatable bonds is 11. The van der Waals surface area contributed by atoms with Gasteiger partial charge < -0.3 is 26.6 Å². The Bertz CT molecular complexity index is 471. The van der Waals surface area contributed by atoms with E-state index in [0.717, 1.165) is 0 Å². The van der Waals surface area contributed by atoms with Crippen molar-refractivity contribution in [2.75, 3.05) is 12.0 Å². The van der Waals surface area contributed by atoms with Crippen molar-refractivity contribution in [3.63, 3.8) is 0 Å². The van der Waals surface area contributed by atoms with Gasteiger partial charge in [0.25, 0.3) is 0 Å². The molecule has 0 fully saturated rings. The average Bonchev–Trinajstić information content (AvgIpc) is 2.47. The minimum atomic E-state index is -1.57. The van der Waals surface area contributed by atoms with E-state index in [4.69, 9.17) is 15.9 Å². The van der Waals surface area contributed by atoms with Crippen LogP contribution in [0, 0.1) is 5.92 Å². The smallest absolute Gasteiger partial charge is 0.326 e. The van der Waals surface area contributed by atoms with Gasteiger partial charge in [0.05, 0.1) is 12.5 Å². The van der Waals surface area contributed by atoms with Crippen LogP contribution in [0.4, 0.5) is 0 Å². The summed E-state index contributed by atoms with van der Waals surface area (Å²) in [5.41, 5.74) is 5.74. The summed E-state index contributed by atoms with van der Waals surface area (Å²) in [5, 5.41) is 22.3. The van der Waals surface area contributed by atoms with Crippen LogP contribution in [0.3, 0.4) is 0 Å². The Kier molecular flexibility index (Phi) is 10.0. The molecule has 0 heterocycles. The molecule has 2 amide bonds. The van der Waals surface area contributed by atoms with Crippen LogP contribution in [0.2, 0.25) is 0 Å². The summed E-state index contributed by atoms with van der Waals surface area (Å²) in [6.45, 7) is 3.34. The molecule has 24 heavy (non-hydrogen) atoms. The van der Waals surface area contributed by atoms with Gasteiger partial charge in [-0.15, -0.1) is 0 Å². The molecule has 0 aromatic rings. The number of thioether (sulfide) groups is 1. The lowest BCUT2D eigenvalue weighted by Gasteiger charge is -2.25. The maximum atomic E-state index is 12.2. The van der Waals surface area contributed by atoms with Crippen LogP contribution in [0.25, 0.3) is 0 Å². The van der Waals surface area contributed by atoms with Crippen LogP contribution in [-0.4, -0.2) is 64.1 Å². The molecule has 0 radical (unpaired) electrons. The zero-order valence-electron chi connectivity index (χ0n) is 13.9. The highest BCUT2D eigenvalue weighted by molar-refractivity contribution is 7.98. The predicted octanol–water partition coefficient (Wildman–Crippen LogP) is -0.748. The van der Waals surface area contributed by atoms with Crippen molar-refractivity contribution in [3.05, 3.63) is 0 Å². The minimum absolute atomic E-state index is 0.332. The quantitative estimate of drug-likeness (QED) is 0.321. The molecule has 10 heteroatoms. The average molecular weight is 363 g/mol. The van der Waals surface area contributed by atoms with E-state index in [9.17, 15) is 19.2 Å². The van der Waals surface area contributed by atoms with Crippen molar-refractivity contribution < 1.29 is 29.4 Å². The topological polar surface area (TPSA) is 159 Å². The molecule has 0 unspecified atom stereocenters. The van der Waals surface area contributed by atoms with Crippen LogP contribution >= 0.6 is 11.8 Å². The summed E-state index contributed by atoms with van der Waals surface area (Å²) in [4.78, 5) is 45.9. The van der Waals surface area contributed by atoms with Crippen molar-refractivity contribution in [1.29, 1.82) is 0 Å². The molecular formula is C14H25N3O6S. The number of carboxylic acids is 2. The van der Waals surface area contributed by atoms with E-state index in [0.29, 0.717) is 12.2 Å². The van der Waals surface area contributed by atoms with Crippen LogP contribution < -0.4 is 16.4 Å². The molecule has 9 nitrogen and oxygen atoms in total. The number of carboxylic acid groups (broad SMARTS) is 2. The fourth-order valence-electron chi connectivity index (χ4n) is 1.81. The molecule has 3 atom stereocenters. The zero-order valence-corrected chi connectivity index (χ0v) is 14.8. The summed E-state index contributed by atoms with van der Waals surface area (Å²) >= 11 is 1.54. The number of hydrogen-bond acceptors (Lipinski definition) is 6.